The largest absolute Gasteiger partial charge is 0.494 e. The number of benzene rings is 2. The van der Waals surface area contributed by atoms with Crippen LogP contribution in [0.5, 0.6) is 5.75 Å². The lowest BCUT2D eigenvalue weighted by Crippen LogP contribution is -2.18. The molecular weight excluding hydrogens is 545 g/mol. The summed E-state index contributed by atoms with van der Waals surface area (Å²) >= 11 is 6.07. The van der Waals surface area contributed by atoms with E-state index in [-0.39, 0.29) is 11.8 Å². The fourth-order valence-corrected chi connectivity index (χ4v) is 5.32. The molecule has 0 bridgehead atoms. The van der Waals surface area contributed by atoms with E-state index in [9.17, 15) is 13.2 Å². The van der Waals surface area contributed by atoms with Crippen LogP contribution in [0.4, 0.5) is 13.2 Å². The van der Waals surface area contributed by atoms with Gasteiger partial charge < -0.3 is 4.74 Å². The molecule has 7 heteroatoms. The van der Waals surface area contributed by atoms with Crippen LogP contribution in [0.3, 0.4) is 0 Å². The van der Waals surface area contributed by atoms with E-state index >= 15 is 0 Å². The summed E-state index contributed by atoms with van der Waals surface area (Å²) in [5, 5.41) is 0.416. The Morgan fingerprint density at radius 1 is 0.707 bits per heavy atom. The Morgan fingerprint density at radius 3 is 1.93 bits per heavy atom. The quantitative estimate of drug-likeness (QED) is 0.117. The fraction of sp³-hybridized carbons (Fsp3) is 0.353. The third-order valence-corrected chi connectivity index (χ3v) is 7.63. The standard InChI is InChI=1S/C34H36ClF3N2O/c1-3-5-6-7-24-8-13-27(14-9-24)30(21-26-12-19-33(35)40-22-26)31(20-25-10-16-29(17-11-25)41-4-2)28-15-18-32(39-23-28)34(36,37)38/h8-19,22-23,30-31H,3-7,20-21H2,1-2H3. The van der Waals surface area contributed by atoms with Crippen LogP contribution in [0.25, 0.3) is 0 Å². The summed E-state index contributed by atoms with van der Waals surface area (Å²) in [5.74, 6) is 0.587. The maximum absolute atomic E-state index is 13.4. The van der Waals surface area contributed by atoms with Gasteiger partial charge in [0.25, 0.3) is 0 Å². The zero-order valence-electron chi connectivity index (χ0n) is 23.5. The van der Waals surface area contributed by atoms with E-state index in [2.05, 4.69) is 41.2 Å². The minimum absolute atomic E-state index is 0.0484. The summed E-state index contributed by atoms with van der Waals surface area (Å²) in [6.07, 6.45) is 4.45. The van der Waals surface area contributed by atoms with Crippen LogP contribution in [0, 0.1) is 0 Å². The van der Waals surface area contributed by atoms with Crippen LogP contribution in [0.1, 0.15) is 78.5 Å². The molecule has 4 rings (SSSR count). The van der Waals surface area contributed by atoms with E-state index in [1.54, 1.807) is 18.3 Å². The van der Waals surface area contributed by atoms with Crippen LogP contribution in [-0.4, -0.2) is 16.6 Å². The van der Waals surface area contributed by atoms with Gasteiger partial charge >= 0.3 is 6.18 Å². The SMILES string of the molecule is CCCCCc1ccc(C(Cc2ccc(Cl)nc2)C(Cc2ccc(OCC)cc2)c2ccc(C(F)(F)F)nc2)cc1. The number of pyridine rings is 2. The highest BCUT2D eigenvalue weighted by Crippen LogP contribution is 2.39. The molecule has 0 saturated heterocycles. The first-order valence-corrected chi connectivity index (χ1v) is 14.6. The molecule has 0 aliphatic carbocycles. The van der Waals surface area contributed by atoms with Crippen molar-refractivity contribution in [1.82, 2.24) is 9.97 Å². The summed E-state index contributed by atoms with van der Waals surface area (Å²) in [4.78, 5) is 8.10. The maximum atomic E-state index is 13.4. The van der Waals surface area contributed by atoms with Gasteiger partial charge in [0, 0.05) is 12.4 Å². The summed E-state index contributed by atoms with van der Waals surface area (Å²) in [7, 11) is 0. The Kier molecular flexibility index (Phi) is 10.8. The van der Waals surface area contributed by atoms with Gasteiger partial charge in [-0.3, -0.25) is 4.98 Å². The minimum atomic E-state index is -4.49. The highest BCUT2D eigenvalue weighted by atomic mass is 35.5. The van der Waals surface area contributed by atoms with Crippen LogP contribution in [-0.2, 0) is 25.4 Å². The molecule has 3 nitrogen and oxygen atoms in total. The number of hydrogen-bond donors (Lipinski definition) is 0. The van der Waals surface area contributed by atoms with Crippen molar-refractivity contribution >= 4 is 11.6 Å². The molecule has 0 spiro atoms. The van der Waals surface area contributed by atoms with Crippen molar-refractivity contribution in [2.75, 3.05) is 6.61 Å². The number of aromatic nitrogens is 2. The number of nitrogens with zero attached hydrogens (tertiary/aromatic N) is 2. The van der Waals surface area contributed by atoms with Gasteiger partial charge in [-0.2, -0.15) is 13.2 Å². The van der Waals surface area contributed by atoms with Crippen molar-refractivity contribution in [2.24, 2.45) is 0 Å². The number of halogens is 4. The number of rotatable bonds is 13. The molecule has 2 aromatic carbocycles. The molecule has 4 aromatic rings. The van der Waals surface area contributed by atoms with Crippen molar-refractivity contribution < 1.29 is 17.9 Å². The molecule has 0 amide bonds. The number of hydrogen-bond acceptors (Lipinski definition) is 3. The predicted octanol–water partition coefficient (Wildman–Crippen LogP) is 9.63. The van der Waals surface area contributed by atoms with E-state index in [0.717, 1.165) is 46.9 Å². The molecule has 0 aliphatic rings. The first kappa shape index (κ1) is 30.6. The molecule has 2 unspecified atom stereocenters. The molecule has 0 fully saturated rings. The fourth-order valence-electron chi connectivity index (χ4n) is 5.21. The first-order chi connectivity index (χ1) is 19.8. The minimum Gasteiger partial charge on any atom is -0.494 e. The average Bonchev–Trinajstić information content (AvgIpc) is 2.97. The molecule has 2 aromatic heterocycles. The van der Waals surface area contributed by atoms with Gasteiger partial charge in [-0.25, -0.2) is 4.98 Å². The molecule has 0 aliphatic heterocycles. The zero-order chi connectivity index (χ0) is 29.2. The molecule has 2 heterocycles. The van der Waals surface area contributed by atoms with Crippen molar-refractivity contribution in [3.8, 4) is 5.75 Å². The van der Waals surface area contributed by atoms with Crippen molar-refractivity contribution in [3.63, 3.8) is 0 Å². The lowest BCUT2D eigenvalue weighted by Gasteiger charge is -2.29. The van der Waals surface area contributed by atoms with E-state index in [1.807, 2.05) is 37.3 Å². The van der Waals surface area contributed by atoms with Gasteiger partial charge in [0.15, 0.2) is 0 Å². The smallest absolute Gasteiger partial charge is 0.433 e. The topological polar surface area (TPSA) is 35.0 Å². The third-order valence-electron chi connectivity index (χ3n) is 7.40. The third kappa shape index (κ3) is 8.80. The number of ether oxygens (including phenoxy) is 1. The zero-order valence-corrected chi connectivity index (χ0v) is 24.3. The monoisotopic (exact) mass is 580 g/mol. The number of aryl methyl sites for hydroxylation is 1. The number of unbranched alkanes of at least 4 members (excludes halogenated alkanes) is 2. The molecule has 0 saturated carbocycles. The Morgan fingerprint density at radius 2 is 1.34 bits per heavy atom. The molecule has 2 atom stereocenters. The predicted molar refractivity (Wildman–Crippen MR) is 159 cm³/mol. The Hall–Kier alpha value is -3.38. The van der Waals surface area contributed by atoms with Gasteiger partial charge in [0.05, 0.1) is 6.61 Å². The normalized spacial score (nSPS) is 13.1. The molecule has 216 valence electrons. The molecule has 0 radical (unpaired) electrons. The van der Waals surface area contributed by atoms with E-state index in [4.69, 9.17) is 16.3 Å². The second-order valence-corrected chi connectivity index (χ2v) is 10.7. The average molecular weight is 581 g/mol. The lowest BCUT2D eigenvalue weighted by molar-refractivity contribution is -0.141. The maximum Gasteiger partial charge on any atom is 0.433 e. The number of alkyl halides is 3. The van der Waals surface area contributed by atoms with Crippen molar-refractivity contribution in [2.45, 2.75) is 70.4 Å². The summed E-state index contributed by atoms with van der Waals surface area (Å²) in [6.45, 7) is 4.71. The second-order valence-electron chi connectivity index (χ2n) is 10.4. The van der Waals surface area contributed by atoms with Gasteiger partial charge in [0.1, 0.15) is 16.6 Å². The van der Waals surface area contributed by atoms with Crippen LogP contribution >= 0.6 is 11.6 Å². The Balaban J connectivity index is 1.74. The van der Waals surface area contributed by atoms with E-state index in [0.29, 0.717) is 24.6 Å². The van der Waals surface area contributed by atoms with E-state index < -0.39 is 11.9 Å². The summed E-state index contributed by atoms with van der Waals surface area (Å²) in [5.41, 5.74) is 4.34. The van der Waals surface area contributed by atoms with Gasteiger partial charge in [0.2, 0.25) is 0 Å². The van der Waals surface area contributed by atoms with Crippen LogP contribution in [0.15, 0.2) is 85.2 Å². The first-order valence-electron chi connectivity index (χ1n) is 14.2. The summed E-state index contributed by atoms with van der Waals surface area (Å²) < 4.78 is 45.7. The molecule has 0 N–H and O–H groups in total. The summed E-state index contributed by atoms with van der Waals surface area (Å²) in [6, 6.07) is 23.0. The van der Waals surface area contributed by atoms with Crippen LogP contribution < -0.4 is 4.74 Å². The van der Waals surface area contributed by atoms with Crippen molar-refractivity contribution in [1.29, 1.82) is 0 Å². The second kappa shape index (κ2) is 14.5. The molecular formula is C34H36ClF3N2O. The highest BCUT2D eigenvalue weighted by molar-refractivity contribution is 6.29. The van der Waals surface area contributed by atoms with E-state index in [1.165, 1.54) is 24.6 Å². The molecule has 41 heavy (non-hydrogen) atoms. The van der Waals surface area contributed by atoms with Gasteiger partial charge in [-0.1, -0.05) is 79.9 Å². The Labute approximate surface area is 245 Å². The Bertz CT molecular complexity index is 1340. The van der Waals surface area contributed by atoms with Gasteiger partial charge in [-0.15, -0.1) is 0 Å². The van der Waals surface area contributed by atoms with Gasteiger partial charge in [-0.05, 0) is 96.5 Å². The van der Waals surface area contributed by atoms with Crippen LogP contribution in [0.2, 0.25) is 5.15 Å². The highest BCUT2D eigenvalue weighted by Gasteiger charge is 2.33. The van der Waals surface area contributed by atoms with Crippen molar-refractivity contribution in [3.05, 3.63) is 124 Å². The lowest BCUT2D eigenvalue weighted by atomic mass is 9.75.